The van der Waals surface area contributed by atoms with Crippen LogP contribution in [-0.2, 0) is 14.3 Å². The second kappa shape index (κ2) is 10.9. The zero-order chi connectivity index (χ0) is 10.7. The van der Waals surface area contributed by atoms with Crippen molar-refractivity contribution >= 4 is 12.4 Å². The van der Waals surface area contributed by atoms with Crippen molar-refractivity contribution in [2.24, 2.45) is 5.73 Å². The van der Waals surface area contributed by atoms with Crippen LogP contribution in [0.5, 0.6) is 0 Å². The molecular weight excluding hydrogens is 178 g/mol. The van der Waals surface area contributed by atoms with Crippen LogP contribution in [0.2, 0.25) is 0 Å². The van der Waals surface area contributed by atoms with Gasteiger partial charge in [-0.05, 0) is 13.3 Å². The van der Waals surface area contributed by atoms with Gasteiger partial charge in [0.25, 0.3) is 6.47 Å². The predicted molar refractivity (Wildman–Crippen MR) is 45.2 cm³/mol. The van der Waals surface area contributed by atoms with Gasteiger partial charge in [0.1, 0.15) is 6.23 Å². The SMILES string of the molecule is CCOC(N)CCC(=O)O.O=CO. The Bertz CT molecular complexity index is 139. The molecule has 6 nitrogen and oxygen atoms in total. The summed E-state index contributed by atoms with van der Waals surface area (Å²) >= 11 is 0. The number of carbonyl (C=O) groups is 2. The lowest BCUT2D eigenvalue weighted by Crippen LogP contribution is -2.24. The molecule has 0 saturated carbocycles. The van der Waals surface area contributed by atoms with Crippen LogP contribution >= 0.6 is 0 Å². The maximum absolute atomic E-state index is 10.00. The highest BCUT2D eigenvalue weighted by atomic mass is 16.5. The molecule has 1 unspecified atom stereocenters. The van der Waals surface area contributed by atoms with E-state index in [1.807, 2.05) is 6.92 Å². The summed E-state index contributed by atoms with van der Waals surface area (Å²) in [6.45, 7) is 2.10. The fraction of sp³-hybridized carbons (Fsp3) is 0.714. The number of aliphatic carboxylic acids is 1. The van der Waals surface area contributed by atoms with Crippen molar-refractivity contribution in [2.45, 2.75) is 26.0 Å². The van der Waals surface area contributed by atoms with Gasteiger partial charge in [0.05, 0.1) is 0 Å². The first-order chi connectivity index (χ1) is 6.08. The summed E-state index contributed by atoms with van der Waals surface area (Å²) in [6.07, 6.45) is 0.0192. The first-order valence-corrected chi connectivity index (χ1v) is 3.75. The molecule has 0 spiro atoms. The Labute approximate surface area is 76.3 Å². The van der Waals surface area contributed by atoms with E-state index in [1.165, 1.54) is 0 Å². The van der Waals surface area contributed by atoms with E-state index in [1.54, 1.807) is 0 Å². The van der Waals surface area contributed by atoms with Gasteiger partial charge in [-0.2, -0.15) is 0 Å². The number of nitrogens with two attached hydrogens (primary N) is 1. The monoisotopic (exact) mass is 193 g/mol. The summed E-state index contributed by atoms with van der Waals surface area (Å²) in [6, 6.07) is 0. The Kier molecular flexibility index (Phi) is 12.0. The number of rotatable bonds is 5. The second-order valence-corrected chi connectivity index (χ2v) is 2.03. The van der Waals surface area contributed by atoms with E-state index in [4.69, 9.17) is 25.5 Å². The van der Waals surface area contributed by atoms with Crippen molar-refractivity contribution in [1.29, 1.82) is 0 Å². The normalized spacial score (nSPS) is 10.9. The van der Waals surface area contributed by atoms with E-state index in [2.05, 4.69) is 0 Å². The van der Waals surface area contributed by atoms with Crippen molar-refractivity contribution in [3.8, 4) is 0 Å². The molecule has 0 rings (SSSR count). The van der Waals surface area contributed by atoms with Crippen LogP contribution in [0.15, 0.2) is 0 Å². The number of carboxylic acids is 1. The number of hydrogen-bond donors (Lipinski definition) is 3. The minimum Gasteiger partial charge on any atom is -0.483 e. The second-order valence-electron chi connectivity index (χ2n) is 2.03. The summed E-state index contributed by atoms with van der Waals surface area (Å²) in [5.41, 5.74) is 5.35. The van der Waals surface area contributed by atoms with Gasteiger partial charge in [0.15, 0.2) is 0 Å². The highest BCUT2D eigenvalue weighted by Crippen LogP contribution is 1.95. The quantitative estimate of drug-likeness (QED) is 0.414. The van der Waals surface area contributed by atoms with Crippen molar-refractivity contribution in [1.82, 2.24) is 0 Å². The van der Waals surface area contributed by atoms with Crippen molar-refractivity contribution in [2.75, 3.05) is 6.61 Å². The van der Waals surface area contributed by atoms with Gasteiger partial charge < -0.3 is 20.7 Å². The molecule has 0 aliphatic heterocycles. The Morgan fingerprint density at radius 1 is 1.69 bits per heavy atom. The maximum atomic E-state index is 10.00. The van der Waals surface area contributed by atoms with Crippen molar-refractivity contribution in [3.05, 3.63) is 0 Å². The molecule has 0 aromatic heterocycles. The molecule has 0 radical (unpaired) electrons. The third-order valence-corrected chi connectivity index (χ3v) is 1.02. The van der Waals surface area contributed by atoms with Crippen LogP contribution in [0.3, 0.4) is 0 Å². The molecule has 0 heterocycles. The summed E-state index contributed by atoms with van der Waals surface area (Å²) in [5, 5.41) is 15.1. The van der Waals surface area contributed by atoms with Crippen LogP contribution in [0.4, 0.5) is 0 Å². The molecule has 0 saturated heterocycles. The van der Waals surface area contributed by atoms with E-state index in [9.17, 15) is 4.79 Å². The van der Waals surface area contributed by atoms with Gasteiger partial charge in [-0.25, -0.2) is 0 Å². The molecule has 0 aromatic carbocycles. The summed E-state index contributed by atoms with van der Waals surface area (Å²) in [7, 11) is 0. The fourth-order valence-electron chi connectivity index (χ4n) is 0.563. The first kappa shape index (κ1) is 14.4. The predicted octanol–water partition coefficient (Wildman–Crippen LogP) is -0.127. The smallest absolute Gasteiger partial charge is 0.303 e. The molecule has 0 aromatic rings. The molecule has 1 atom stereocenters. The molecule has 0 aliphatic rings. The number of carboxylic acid groups (broad SMARTS) is 2. The van der Waals surface area contributed by atoms with Crippen molar-refractivity contribution < 1.29 is 24.5 Å². The third kappa shape index (κ3) is 18.1. The average Bonchev–Trinajstić information content (AvgIpc) is 2.03. The van der Waals surface area contributed by atoms with E-state index >= 15 is 0 Å². The standard InChI is InChI=1S/C6H13NO3.CH2O2/c1-2-10-5(7)3-4-6(8)9;2-1-3/h5H,2-4,7H2,1H3,(H,8,9);1H,(H,2,3). The third-order valence-electron chi connectivity index (χ3n) is 1.02. The number of ether oxygens (including phenoxy) is 1. The van der Waals surface area contributed by atoms with Crippen LogP contribution < -0.4 is 5.73 Å². The molecule has 0 aliphatic carbocycles. The molecule has 13 heavy (non-hydrogen) atoms. The van der Waals surface area contributed by atoms with Gasteiger partial charge in [-0.3, -0.25) is 9.59 Å². The fourth-order valence-corrected chi connectivity index (χ4v) is 0.563. The highest BCUT2D eigenvalue weighted by Gasteiger charge is 2.03. The minimum absolute atomic E-state index is 0.0706. The van der Waals surface area contributed by atoms with Crippen LogP contribution in [0.25, 0.3) is 0 Å². The van der Waals surface area contributed by atoms with E-state index < -0.39 is 12.2 Å². The Morgan fingerprint density at radius 2 is 2.15 bits per heavy atom. The van der Waals surface area contributed by atoms with Crippen LogP contribution in [0.1, 0.15) is 19.8 Å². The zero-order valence-electron chi connectivity index (χ0n) is 7.47. The Hall–Kier alpha value is -1.14. The summed E-state index contributed by atoms with van der Waals surface area (Å²) < 4.78 is 4.91. The first-order valence-electron chi connectivity index (χ1n) is 3.75. The molecule has 78 valence electrons. The van der Waals surface area contributed by atoms with Crippen LogP contribution in [-0.4, -0.2) is 35.5 Å². The number of hydrogen-bond acceptors (Lipinski definition) is 4. The van der Waals surface area contributed by atoms with Crippen molar-refractivity contribution in [3.63, 3.8) is 0 Å². The van der Waals surface area contributed by atoms with Gasteiger partial charge in [-0.1, -0.05) is 0 Å². The lowest BCUT2D eigenvalue weighted by molar-refractivity contribution is -0.137. The average molecular weight is 193 g/mol. The molecule has 0 amide bonds. The topological polar surface area (TPSA) is 110 Å². The zero-order valence-corrected chi connectivity index (χ0v) is 7.47. The van der Waals surface area contributed by atoms with Gasteiger partial charge >= 0.3 is 5.97 Å². The van der Waals surface area contributed by atoms with E-state index in [-0.39, 0.29) is 12.9 Å². The highest BCUT2D eigenvalue weighted by molar-refractivity contribution is 5.66. The van der Waals surface area contributed by atoms with Gasteiger partial charge in [0, 0.05) is 13.0 Å². The Balaban J connectivity index is 0. The largest absolute Gasteiger partial charge is 0.483 e. The molecule has 0 bridgehead atoms. The molecule has 0 fully saturated rings. The van der Waals surface area contributed by atoms with E-state index in [0.29, 0.717) is 13.0 Å². The molecule has 6 heteroatoms. The lowest BCUT2D eigenvalue weighted by atomic mass is 10.3. The van der Waals surface area contributed by atoms with Gasteiger partial charge in [-0.15, -0.1) is 0 Å². The lowest BCUT2D eigenvalue weighted by Gasteiger charge is -2.08. The summed E-state index contributed by atoms with van der Waals surface area (Å²) in [4.78, 5) is 18.4. The van der Waals surface area contributed by atoms with Crippen LogP contribution in [0, 0.1) is 0 Å². The van der Waals surface area contributed by atoms with E-state index in [0.717, 1.165) is 0 Å². The minimum atomic E-state index is -0.838. The molecule has 4 N–H and O–H groups in total. The Morgan fingerprint density at radius 3 is 2.46 bits per heavy atom. The van der Waals surface area contributed by atoms with Gasteiger partial charge in [0.2, 0.25) is 0 Å². The molecular formula is C7H15NO5. The summed E-state index contributed by atoms with van der Waals surface area (Å²) in [5.74, 6) is -0.838. The maximum Gasteiger partial charge on any atom is 0.303 e.